The zero-order valence-electron chi connectivity index (χ0n) is 16.7. The van der Waals surface area contributed by atoms with Crippen molar-refractivity contribution in [2.45, 2.75) is 13.5 Å². The van der Waals surface area contributed by atoms with Gasteiger partial charge < -0.3 is 15.5 Å². The number of hydrogen-bond donors (Lipinski definition) is 2. The number of carbonyl (C=O) groups excluding carboxylic acids is 2. The van der Waals surface area contributed by atoms with Crippen molar-refractivity contribution in [1.29, 1.82) is 0 Å². The predicted molar refractivity (Wildman–Crippen MR) is 116 cm³/mol. The summed E-state index contributed by atoms with van der Waals surface area (Å²) in [6.07, 6.45) is 0. The molecule has 29 heavy (non-hydrogen) atoms. The van der Waals surface area contributed by atoms with Crippen LogP contribution in [0.15, 0.2) is 48.5 Å². The number of carbonyl (C=O) groups is 2. The number of nitrogens with zero attached hydrogens (tertiary/aromatic N) is 2. The van der Waals surface area contributed by atoms with E-state index >= 15 is 0 Å². The zero-order valence-corrected chi connectivity index (χ0v) is 17.4. The Labute approximate surface area is 176 Å². The predicted octanol–water partition coefficient (Wildman–Crippen LogP) is 2.20. The summed E-state index contributed by atoms with van der Waals surface area (Å²) in [6.45, 7) is 7.21. The second-order valence-electron chi connectivity index (χ2n) is 7.23. The van der Waals surface area contributed by atoms with Gasteiger partial charge in [0.25, 0.3) is 0 Å². The van der Waals surface area contributed by atoms with Crippen LogP contribution in [0.5, 0.6) is 0 Å². The molecular formula is C22H27ClN4O2. The summed E-state index contributed by atoms with van der Waals surface area (Å²) in [5.41, 5.74) is 3.30. The van der Waals surface area contributed by atoms with Crippen molar-refractivity contribution in [3.05, 3.63) is 64.7 Å². The van der Waals surface area contributed by atoms with Gasteiger partial charge in [-0.25, -0.2) is 0 Å². The van der Waals surface area contributed by atoms with Crippen molar-refractivity contribution in [1.82, 2.24) is 15.5 Å². The maximum absolute atomic E-state index is 12.0. The van der Waals surface area contributed by atoms with Gasteiger partial charge in [-0.15, -0.1) is 0 Å². The molecule has 1 aliphatic heterocycles. The highest BCUT2D eigenvalue weighted by Crippen LogP contribution is 2.19. The van der Waals surface area contributed by atoms with E-state index in [1.54, 1.807) is 0 Å². The molecule has 0 radical (unpaired) electrons. The number of benzene rings is 2. The van der Waals surface area contributed by atoms with Gasteiger partial charge >= 0.3 is 11.8 Å². The highest BCUT2D eigenvalue weighted by atomic mass is 35.5. The van der Waals surface area contributed by atoms with Crippen LogP contribution in [-0.4, -0.2) is 56.0 Å². The molecule has 3 rings (SSSR count). The molecule has 154 valence electrons. The van der Waals surface area contributed by atoms with E-state index in [0.29, 0.717) is 13.1 Å². The van der Waals surface area contributed by atoms with Crippen LogP contribution in [-0.2, 0) is 16.1 Å². The van der Waals surface area contributed by atoms with Crippen LogP contribution in [0.1, 0.15) is 11.1 Å². The molecule has 0 unspecified atom stereocenters. The molecule has 1 heterocycles. The quantitative estimate of drug-likeness (QED) is 0.711. The maximum Gasteiger partial charge on any atom is 0.309 e. The highest BCUT2D eigenvalue weighted by molar-refractivity contribution is 6.35. The van der Waals surface area contributed by atoms with E-state index in [9.17, 15) is 9.59 Å². The van der Waals surface area contributed by atoms with Crippen LogP contribution < -0.4 is 15.5 Å². The van der Waals surface area contributed by atoms with Crippen LogP contribution in [0.25, 0.3) is 0 Å². The lowest BCUT2D eigenvalue weighted by Gasteiger charge is -2.36. The number of nitrogens with one attached hydrogen (secondary N) is 2. The van der Waals surface area contributed by atoms with Gasteiger partial charge in [-0.3, -0.25) is 14.5 Å². The van der Waals surface area contributed by atoms with Crippen LogP contribution in [0, 0.1) is 6.92 Å². The maximum atomic E-state index is 12.0. The Bertz CT molecular complexity index is 816. The zero-order chi connectivity index (χ0) is 20.6. The van der Waals surface area contributed by atoms with E-state index in [4.69, 9.17) is 11.6 Å². The monoisotopic (exact) mass is 414 g/mol. The molecule has 0 saturated carbocycles. The smallest absolute Gasteiger partial charge is 0.309 e. The van der Waals surface area contributed by atoms with E-state index in [-0.39, 0.29) is 0 Å². The number of aryl methyl sites for hydroxylation is 1. The molecule has 2 aromatic carbocycles. The molecular weight excluding hydrogens is 388 g/mol. The number of rotatable bonds is 6. The van der Waals surface area contributed by atoms with Crippen molar-refractivity contribution < 1.29 is 9.59 Å². The van der Waals surface area contributed by atoms with E-state index in [0.717, 1.165) is 48.9 Å². The van der Waals surface area contributed by atoms with E-state index < -0.39 is 11.8 Å². The third-order valence-corrected chi connectivity index (χ3v) is 5.31. The Hall–Kier alpha value is -2.57. The summed E-state index contributed by atoms with van der Waals surface area (Å²) < 4.78 is 0. The van der Waals surface area contributed by atoms with Crippen molar-refractivity contribution in [3.63, 3.8) is 0 Å². The summed E-state index contributed by atoms with van der Waals surface area (Å²) in [7, 11) is 0. The molecule has 6 nitrogen and oxygen atoms in total. The average molecular weight is 415 g/mol. The minimum atomic E-state index is -0.599. The fraction of sp³-hybridized carbons (Fsp3) is 0.364. The summed E-state index contributed by atoms with van der Waals surface area (Å²) >= 11 is 5.95. The lowest BCUT2D eigenvalue weighted by atomic mass is 10.1. The molecule has 0 atom stereocenters. The Morgan fingerprint density at radius 3 is 2.17 bits per heavy atom. The number of halogens is 1. The third-order valence-electron chi connectivity index (χ3n) is 5.06. The lowest BCUT2D eigenvalue weighted by Crippen LogP contribution is -2.49. The Morgan fingerprint density at radius 2 is 1.52 bits per heavy atom. The normalized spacial score (nSPS) is 14.5. The van der Waals surface area contributed by atoms with Crippen LogP contribution in [0.4, 0.5) is 5.69 Å². The second-order valence-corrected chi connectivity index (χ2v) is 7.67. The van der Waals surface area contributed by atoms with Gasteiger partial charge in [0, 0.05) is 56.5 Å². The second kappa shape index (κ2) is 10.3. The van der Waals surface area contributed by atoms with Crippen molar-refractivity contribution in [3.8, 4) is 0 Å². The molecule has 1 fully saturated rings. The van der Waals surface area contributed by atoms with Crippen LogP contribution in [0.2, 0.25) is 5.02 Å². The van der Waals surface area contributed by atoms with Crippen LogP contribution in [0.3, 0.4) is 0 Å². The molecule has 2 aromatic rings. The van der Waals surface area contributed by atoms with Crippen molar-refractivity contribution >= 4 is 29.1 Å². The summed E-state index contributed by atoms with van der Waals surface area (Å²) in [5.74, 6) is -1.19. The molecule has 0 spiro atoms. The number of anilines is 1. The van der Waals surface area contributed by atoms with Gasteiger partial charge in [-0.2, -0.15) is 0 Å². The van der Waals surface area contributed by atoms with E-state index in [2.05, 4.69) is 20.4 Å². The van der Waals surface area contributed by atoms with Crippen molar-refractivity contribution in [2.75, 3.05) is 44.2 Å². The minimum absolute atomic E-state index is 0.346. The van der Waals surface area contributed by atoms with Gasteiger partial charge in [0.2, 0.25) is 0 Å². The van der Waals surface area contributed by atoms with Gasteiger partial charge in [-0.1, -0.05) is 41.4 Å². The molecule has 2 amide bonds. The first kappa shape index (κ1) is 21.1. The first-order valence-corrected chi connectivity index (χ1v) is 10.2. The third kappa shape index (κ3) is 6.48. The van der Waals surface area contributed by atoms with Gasteiger partial charge in [-0.05, 0) is 36.8 Å². The number of amides is 2. The fourth-order valence-electron chi connectivity index (χ4n) is 3.26. The van der Waals surface area contributed by atoms with Crippen molar-refractivity contribution in [2.24, 2.45) is 0 Å². The van der Waals surface area contributed by atoms with E-state index in [1.165, 1.54) is 5.69 Å². The largest absolute Gasteiger partial charge is 0.369 e. The topological polar surface area (TPSA) is 64.7 Å². The molecule has 0 aliphatic carbocycles. The first-order chi connectivity index (χ1) is 14.0. The Balaban J connectivity index is 1.32. The highest BCUT2D eigenvalue weighted by Gasteiger charge is 2.18. The van der Waals surface area contributed by atoms with Gasteiger partial charge in [0.15, 0.2) is 0 Å². The first-order valence-electron chi connectivity index (χ1n) is 9.86. The van der Waals surface area contributed by atoms with E-state index in [1.807, 2.05) is 55.5 Å². The summed E-state index contributed by atoms with van der Waals surface area (Å²) in [6, 6.07) is 15.7. The Morgan fingerprint density at radius 1 is 0.897 bits per heavy atom. The molecule has 1 aliphatic rings. The fourth-order valence-corrected chi connectivity index (χ4v) is 3.38. The SMILES string of the molecule is Cc1ccc(CNC(=O)C(=O)NCCN2CCN(c3ccc(Cl)cc3)CC2)cc1. The minimum Gasteiger partial charge on any atom is -0.369 e. The van der Waals surface area contributed by atoms with Crippen LogP contribution >= 0.6 is 11.6 Å². The Kier molecular flexibility index (Phi) is 7.49. The molecule has 2 N–H and O–H groups in total. The molecule has 0 aromatic heterocycles. The van der Waals surface area contributed by atoms with Gasteiger partial charge in [0.05, 0.1) is 0 Å². The standard InChI is InChI=1S/C22H27ClN4O2/c1-17-2-4-18(5-3-17)16-25-22(29)21(28)24-10-11-26-12-14-27(15-13-26)20-8-6-19(23)7-9-20/h2-9H,10-16H2,1H3,(H,24,28)(H,25,29). The molecule has 7 heteroatoms. The number of hydrogen-bond acceptors (Lipinski definition) is 4. The summed E-state index contributed by atoms with van der Waals surface area (Å²) in [4.78, 5) is 28.5. The molecule has 0 bridgehead atoms. The lowest BCUT2D eigenvalue weighted by molar-refractivity contribution is -0.139. The number of piperazine rings is 1. The average Bonchev–Trinajstić information content (AvgIpc) is 2.74. The van der Waals surface area contributed by atoms with Gasteiger partial charge in [0.1, 0.15) is 0 Å². The summed E-state index contributed by atoms with van der Waals surface area (Å²) in [5, 5.41) is 6.10. The molecule has 1 saturated heterocycles.